The van der Waals surface area contributed by atoms with Gasteiger partial charge in [0.1, 0.15) is 0 Å². The first-order valence-corrected chi connectivity index (χ1v) is 2.87. The zero-order chi connectivity index (χ0) is 6.69. The molecule has 53 valence electrons. The van der Waals surface area contributed by atoms with E-state index < -0.39 is 0 Å². The van der Waals surface area contributed by atoms with Crippen molar-refractivity contribution in [1.82, 2.24) is 0 Å². The first-order valence-electron chi connectivity index (χ1n) is 2.87. The average molecular weight is 135 g/mol. The third-order valence-electron chi connectivity index (χ3n) is 1.22. The molecular weight excluding hydrogens is 124 g/mol. The summed E-state index contributed by atoms with van der Waals surface area (Å²) in [6.07, 6.45) is 1.82. The van der Waals surface area contributed by atoms with E-state index in [1.165, 1.54) is 0 Å². The standard InChI is InChI=1S/C9H9.H2O/c1-3-9-6-4-8(2)5-7-9;/h3-7H,1-2H2;1H2. The number of hydrogen-bond acceptors (Lipinski definition) is 0. The monoisotopic (exact) mass is 135 g/mol. The molecule has 10 heavy (non-hydrogen) atoms. The fourth-order valence-corrected chi connectivity index (χ4v) is 0.654. The molecule has 0 fully saturated rings. The van der Waals surface area contributed by atoms with E-state index in [9.17, 15) is 0 Å². The lowest BCUT2D eigenvalue weighted by Gasteiger charge is -1.91. The van der Waals surface area contributed by atoms with E-state index in [1.807, 2.05) is 30.3 Å². The second-order valence-corrected chi connectivity index (χ2v) is 1.95. The maximum Gasteiger partial charge on any atom is -0.0238 e. The lowest BCUT2D eigenvalue weighted by molar-refractivity contribution is 0.824. The van der Waals surface area contributed by atoms with Crippen molar-refractivity contribution in [3.63, 3.8) is 0 Å². The summed E-state index contributed by atoms with van der Waals surface area (Å²) in [6, 6.07) is 7.93. The van der Waals surface area contributed by atoms with Crippen LogP contribution >= 0.6 is 0 Å². The molecule has 1 heteroatoms. The molecule has 0 aliphatic rings. The SMILES string of the molecule is O.[CH2]c1ccc(C=C)cc1. The Labute approximate surface area is 61.3 Å². The van der Waals surface area contributed by atoms with Gasteiger partial charge in [0.25, 0.3) is 0 Å². The minimum Gasteiger partial charge on any atom is -0.412 e. The Morgan fingerprint density at radius 1 is 1.10 bits per heavy atom. The Balaban J connectivity index is 0.000000810. The molecule has 1 radical (unpaired) electrons. The first-order chi connectivity index (χ1) is 4.33. The quantitative estimate of drug-likeness (QED) is 0.561. The topological polar surface area (TPSA) is 31.5 Å². The summed E-state index contributed by atoms with van der Waals surface area (Å²) in [5.74, 6) is 0. The van der Waals surface area contributed by atoms with Gasteiger partial charge >= 0.3 is 0 Å². The predicted octanol–water partition coefficient (Wildman–Crippen LogP) is 1.69. The van der Waals surface area contributed by atoms with Crippen LogP contribution in [-0.2, 0) is 0 Å². The largest absolute Gasteiger partial charge is 0.412 e. The second-order valence-electron chi connectivity index (χ2n) is 1.95. The second kappa shape index (κ2) is 3.85. The fraction of sp³-hybridized carbons (Fsp3) is 0. The van der Waals surface area contributed by atoms with Crippen LogP contribution in [0.15, 0.2) is 30.8 Å². The maximum atomic E-state index is 3.76. The molecule has 0 saturated carbocycles. The normalized spacial score (nSPS) is 8.10. The maximum absolute atomic E-state index is 3.76. The molecule has 0 amide bonds. The summed E-state index contributed by atoms with van der Waals surface area (Å²) >= 11 is 0. The van der Waals surface area contributed by atoms with Crippen LogP contribution in [0.2, 0.25) is 0 Å². The Kier molecular flexibility index (Phi) is 3.44. The van der Waals surface area contributed by atoms with Crippen molar-refractivity contribution >= 4 is 6.08 Å². The van der Waals surface area contributed by atoms with Gasteiger partial charge in [0.05, 0.1) is 0 Å². The van der Waals surface area contributed by atoms with Crippen LogP contribution in [0.4, 0.5) is 0 Å². The van der Waals surface area contributed by atoms with E-state index in [0.717, 1.165) is 11.1 Å². The van der Waals surface area contributed by atoms with E-state index in [0.29, 0.717) is 0 Å². The van der Waals surface area contributed by atoms with Crippen molar-refractivity contribution in [2.75, 3.05) is 0 Å². The van der Waals surface area contributed by atoms with Gasteiger partial charge in [0.15, 0.2) is 0 Å². The van der Waals surface area contributed by atoms with Crippen LogP contribution in [0.5, 0.6) is 0 Å². The van der Waals surface area contributed by atoms with Crippen LogP contribution in [0.25, 0.3) is 6.08 Å². The van der Waals surface area contributed by atoms with E-state index >= 15 is 0 Å². The molecule has 0 heterocycles. The van der Waals surface area contributed by atoms with Crippen LogP contribution in [0, 0.1) is 6.92 Å². The minimum atomic E-state index is 0. The van der Waals surface area contributed by atoms with Crippen molar-refractivity contribution in [1.29, 1.82) is 0 Å². The fourth-order valence-electron chi connectivity index (χ4n) is 0.654. The summed E-state index contributed by atoms with van der Waals surface area (Å²) in [5.41, 5.74) is 2.18. The van der Waals surface area contributed by atoms with Gasteiger partial charge in [-0.05, 0) is 18.1 Å². The predicted molar refractivity (Wildman–Crippen MR) is 44.6 cm³/mol. The lowest BCUT2D eigenvalue weighted by atomic mass is 10.2. The van der Waals surface area contributed by atoms with Gasteiger partial charge in [0, 0.05) is 0 Å². The Hall–Kier alpha value is -1.08. The summed E-state index contributed by atoms with van der Waals surface area (Å²) in [6.45, 7) is 7.40. The highest BCUT2D eigenvalue weighted by Crippen LogP contribution is 2.02. The molecule has 1 rings (SSSR count). The number of rotatable bonds is 1. The average Bonchev–Trinajstić information content (AvgIpc) is 1.90. The number of benzene rings is 1. The molecule has 1 aromatic rings. The highest BCUT2D eigenvalue weighted by molar-refractivity contribution is 5.47. The summed E-state index contributed by atoms with van der Waals surface area (Å²) in [5, 5.41) is 0. The molecular formula is C9H11O. The molecule has 0 aliphatic heterocycles. The van der Waals surface area contributed by atoms with Gasteiger partial charge in [0.2, 0.25) is 0 Å². The Morgan fingerprint density at radius 2 is 1.60 bits per heavy atom. The van der Waals surface area contributed by atoms with Gasteiger partial charge < -0.3 is 5.48 Å². The molecule has 0 aliphatic carbocycles. The summed E-state index contributed by atoms with van der Waals surface area (Å²) in [4.78, 5) is 0. The molecule has 0 bridgehead atoms. The van der Waals surface area contributed by atoms with E-state index in [4.69, 9.17) is 0 Å². The van der Waals surface area contributed by atoms with Gasteiger partial charge in [-0.1, -0.05) is 36.9 Å². The van der Waals surface area contributed by atoms with E-state index in [-0.39, 0.29) is 5.48 Å². The van der Waals surface area contributed by atoms with Gasteiger partial charge in [-0.3, -0.25) is 0 Å². The van der Waals surface area contributed by atoms with Crippen LogP contribution in [0.3, 0.4) is 0 Å². The number of hydrogen-bond donors (Lipinski definition) is 0. The van der Waals surface area contributed by atoms with Crippen molar-refractivity contribution in [3.05, 3.63) is 48.9 Å². The zero-order valence-corrected chi connectivity index (χ0v) is 5.80. The summed E-state index contributed by atoms with van der Waals surface area (Å²) in [7, 11) is 0. The third-order valence-corrected chi connectivity index (χ3v) is 1.22. The first kappa shape index (κ1) is 8.92. The van der Waals surface area contributed by atoms with Crippen LogP contribution < -0.4 is 0 Å². The molecule has 0 atom stereocenters. The van der Waals surface area contributed by atoms with Crippen LogP contribution in [-0.4, -0.2) is 5.48 Å². The molecule has 0 unspecified atom stereocenters. The Bertz CT molecular complexity index is 198. The highest BCUT2D eigenvalue weighted by Gasteiger charge is 1.82. The van der Waals surface area contributed by atoms with Crippen molar-refractivity contribution in [2.24, 2.45) is 0 Å². The molecule has 1 nitrogen and oxygen atoms in total. The smallest absolute Gasteiger partial charge is 0.0238 e. The molecule has 0 spiro atoms. The van der Waals surface area contributed by atoms with Crippen molar-refractivity contribution in [3.8, 4) is 0 Å². The summed E-state index contributed by atoms with van der Waals surface area (Å²) < 4.78 is 0. The Morgan fingerprint density at radius 3 is 2.00 bits per heavy atom. The minimum absolute atomic E-state index is 0. The highest BCUT2D eigenvalue weighted by atomic mass is 16.0. The molecule has 0 aromatic heterocycles. The third kappa shape index (κ3) is 2.03. The van der Waals surface area contributed by atoms with Crippen molar-refractivity contribution in [2.45, 2.75) is 0 Å². The molecule has 2 N–H and O–H groups in total. The van der Waals surface area contributed by atoms with Gasteiger partial charge in [-0.15, -0.1) is 0 Å². The lowest BCUT2D eigenvalue weighted by Crippen LogP contribution is -1.71. The van der Waals surface area contributed by atoms with E-state index in [2.05, 4.69) is 13.5 Å². The van der Waals surface area contributed by atoms with Crippen LogP contribution in [0.1, 0.15) is 11.1 Å². The van der Waals surface area contributed by atoms with Gasteiger partial charge in [-0.25, -0.2) is 0 Å². The zero-order valence-electron chi connectivity index (χ0n) is 5.80. The van der Waals surface area contributed by atoms with E-state index in [1.54, 1.807) is 0 Å². The van der Waals surface area contributed by atoms with Crippen molar-refractivity contribution < 1.29 is 5.48 Å². The molecule has 0 saturated heterocycles. The van der Waals surface area contributed by atoms with Gasteiger partial charge in [-0.2, -0.15) is 0 Å². The molecule has 1 aromatic carbocycles.